The fourth-order valence-electron chi connectivity index (χ4n) is 3.38. The van der Waals surface area contributed by atoms with Crippen molar-refractivity contribution in [3.63, 3.8) is 0 Å². The minimum atomic E-state index is -4.50. The van der Waals surface area contributed by atoms with E-state index in [-0.39, 0.29) is 23.3 Å². The molecule has 0 saturated carbocycles. The molecule has 0 aliphatic carbocycles. The molecule has 3 aromatic rings. The number of alkyl halides is 3. The van der Waals surface area contributed by atoms with Gasteiger partial charge in [0.15, 0.2) is 11.0 Å². The van der Waals surface area contributed by atoms with Crippen molar-refractivity contribution in [1.29, 1.82) is 0 Å². The number of benzene rings is 2. The van der Waals surface area contributed by atoms with E-state index in [4.69, 9.17) is 0 Å². The fourth-order valence-corrected chi connectivity index (χ4v) is 4.14. The molecular formula is C25H26F3N5O2S. The summed E-state index contributed by atoms with van der Waals surface area (Å²) >= 11 is 1.08. The van der Waals surface area contributed by atoms with Crippen LogP contribution in [0.1, 0.15) is 41.6 Å². The molecule has 0 spiro atoms. The largest absolute Gasteiger partial charge is 0.416 e. The number of hydrogen-bond donors (Lipinski definition) is 2. The van der Waals surface area contributed by atoms with Crippen LogP contribution in [0.4, 0.5) is 18.9 Å². The lowest BCUT2D eigenvalue weighted by atomic mass is 10.0. The summed E-state index contributed by atoms with van der Waals surface area (Å²) in [6, 6.07) is 12.8. The van der Waals surface area contributed by atoms with Crippen molar-refractivity contribution in [1.82, 2.24) is 20.1 Å². The van der Waals surface area contributed by atoms with Gasteiger partial charge in [-0.25, -0.2) is 0 Å². The van der Waals surface area contributed by atoms with Crippen LogP contribution in [0.25, 0.3) is 0 Å². The maximum absolute atomic E-state index is 12.9. The van der Waals surface area contributed by atoms with Crippen LogP contribution >= 0.6 is 11.8 Å². The van der Waals surface area contributed by atoms with E-state index < -0.39 is 23.7 Å². The molecule has 36 heavy (non-hydrogen) atoms. The van der Waals surface area contributed by atoms with Crippen LogP contribution in [0.5, 0.6) is 0 Å². The Labute approximate surface area is 211 Å². The van der Waals surface area contributed by atoms with E-state index in [0.29, 0.717) is 23.1 Å². The van der Waals surface area contributed by atoms with Gasteiger partial charge < -0.3 is 15.2 Å². The number of thioether (sulfide) groups is 1. The highest BCUT2D eigenvalue weighted by atomic mass is 32.2. The Balaban J connectivity index is 1.73. The quantitative estimate of drug-likeness (QED) is 0.280. The van der Waals surface area contributed by atoms with E-state index in [1.807, 2.05) is 19.9 Å². The summed E-state index contributed by atoms with van der Waals surface area (Å²) < 4.78 is 40.5. The SMILES string of the molecule is C=CCn1c(SCC(=O)Nc2cccc(C(F)(F)F)c2)nnc1[C@@H](NC(=O)c1ccccc1)C(C)C. The highest BCUT2D eigenvalue weighted by Crippen LogP contribution is 2.31. The van der Waals surface area contributed by atoms with Crippen molar-refractivity contribution in [3.05, 3.63) is 84.2 Å². The van der Waals surface area contributed by atoms with E-state index in [2.05, 4.69) is 27.4 Å². The predicted molar refractivity (Wildman–Crippen MR) is 133 cm³/mol. The molecule has 0 radical (unpaired) electrons. The number of amides is 2. The van der Waals surface area contributed by atoms with E-state index in [9.17, 15) is 22.8 Å². The van der Waals surface area contributed by atoms with E-state index in [1.165, 1.54) is 12.1 Å². The first-order valence-electron chi connectivity index (χ1n) is 11.1. The molecular weight excluding hydrogens is 491 g/mol. The topological polar surface area (TPSA) is 88.9 Å². The fraction of sp³-hybridized carbons (Fsp3) is 0.280. The highest BCUT2D eigenvalue weighted by molar-refractivity contribution is 7.99. The molecule has 190 valence electrons. The van der Waals surface area contributed by atoms with Crippen molar-refractivity contribution in [2.75, 3.05) is 11.1 Å². The van der Waals surface area contributed by atoms with Crippen LogP contribution < -0.4 is 10.6 Å². The summed E-state index contributed by atoms with van der Waals surface area (Å²) in [6.45, 7) is 7.99. The van der Waals surface area contributed by atoms with Crippen LogP contribution in [-0.2, 0) is 17.5 Å². The Bertz CT molecular complexity index is 1210. The zero-order valence-electron chi connectivity index (χ0n) is 19.7. The Kier molecular flexibility index (Phi) is 8.92. The number of anilines is 1. The lowest BCUT2D eigenvalue weighted by molar-refractivity contribution is -0.137. The van der Waals surface area contributed by atoms with Gasteiger partial charge in [0.05, 0.1) is 17.4 Å². The summed E-state index contributed by atoms with van der Waals surface area (Å²) in [5.41, 5.74) is -0.286. The minimum Gasteiger partial charge on any atom is -0.342 e. The normalized spacial score (nSPS) is 12.3. The lowest BCUT2D eigenvalue weighted by Gasteiger charge is -2.22. The third-order valence-electron chi connectivity index (χ3n) is 5.13. The van der Waals surface area contributed by atoms with Gasteiger partial charge in [-0.15, -0.1) is 16.8 Å². The second-order valence-corrected chi connectivity index (χ2v) is 9.16. The minimum absolute atomic E-state index is 0.0208. The smallest absolute Gasteiger partial charge is 0.342 e. The molecule has 1 aromatic heterocycles. The molecule has 0 aliphatic heterocycles. The summed E-state index contributed by atoms with van der Waals surface area (Å²) in [6.07, 6.45) is -2.86. The lowest BCUT2D eigenvalue weighted by Crippen LogP contribution is -2.33. The zero-order valence-corrected chi connectivity index (χ0v) is 20.6. The number of allylic oxidation sites excluding steroid dienone is 1. The molecule has 7 nitrogen and oxygen atoms in total. The summed E-state index contributed by atoms with van der Waals surface area (Å²) in [5.74, 6) is -0.361. The molecule has 2 aromatic carbocycles. The number of aromatic nitrogens is 3. The van der Waals surface area contributed by atoms with Crippen LogP contribution in [0, 0.1) is 5.92 Å². The van der Waals surface area contributed by atoms with Crippen LogP contribution in [0.3, 0.4) is 0 Å². The van der Waals surface area contributed by atoms with Crippen molar-refractivity contribution < 1.29 is 22.8 Å². The number of halogens is 3. The summed E-state index contributed by atoms with van der Waals surface area (Å²) in [5, 5.41) is 14.4. The Morgan fingerprint density at radius 1 is 1.11 bits per heavy atom. The number of nitrogens with zero attached hydrogens (tertiary/aromatic N) is 3. The van der Waals surface area contributed by atoms with Gasteiger partial charge in [0.2, 0.25) is 5.91 Å². The molecule has 1 heterocycles. The van der Waals surface area contributed by atoms with E-state index >= 15 is 0 Å². The monoisotopic (exact) mass is 517 g/mol. The molecule has 2 N–H and O–H groups in total. The first kappa shape index (κ1) is 27.0. The Hall–Kier alpha value is -3.60. The molecule has 11 heteroatoms. The highest BCUT2D eigenvalue weighted by Gasteiger charge is 2.30. The molecule has 0 unspecified atom stereocenters. The molecule has 0 bridgehead atoms. The number of hydrogen-bond acceptors (Lipinski definition) is 5. The van der Waals surface area contributed by atoms with Crippen molar-refractivity contribution in [3.8, 4) is 0 Å². The maximum atomic E-state index is 12.9. The summed E-state index contributed by atoms with van der Waals surface area (Å²) in [7, 11) is 0. The number of carbonyl (C=O) groups is 2. The van der Waals surface area contributed by atoms with Gasteiger partial charge >= 0.3 is 6.18 Å². The van der Waals surface area contributed by atoms with E-state index in [1.54, 1.807) is 34.9 Å². The standard InChI is InChI=1S/C25H26F3N5O2S/c1-4-13-33-22(21(16(2)3)30-23(35)17-9-6-5-7-10-17)31-32-24(33)36-15-20(34)29-19-12-8-11-18(14-19)25(26,27)28/h4-12,14,16,21H,1,13,15H2,2-3H3,(H,29,34)(H,30,35)/t21-/m0/s1. The second-order valence-electron chi connectivity index (χ2n) is 8.22. The first-order valence-corrected chi connectivity index (χ1v) is 12.1. The summed E-state index contributed by atoms with van der Waals surface area (Å²) in [4.78, 5) is 25.2. The number of nitrogens with one attached hydrogen (secondary N) is 2. The average Bonchev–Trinajstić information content (AvgIpc) is 3.23. The maximum Gasteiger partial charge on any atom is 0.416 e. The first-order chi connectivity index (χ1) is 17.1. The van der Waals surface area contributed by atoms with Gasteiger partial charge in [-0.2, -0.15) is 13.2 Å². The van der Waals surface area contributed by atoms with Crippen molar-refractivity contribution in [2.24, 2.45) is 5.92 Å². The molecule has 3 rings (SSSR count). The predicted octanol–water partition coefficient (Wildman–Crippen LogP) is 5.34. The van der Waals surface area contributed by atoms with Gasteiger partial charge in [0, 0.05) is 17.8 Å². The molecule has 0 aliphatic rings. The van der Waals surface area contributed by atoms with Gasteiger partial charge in [-0.1, -0.05) is 56.0 Å². The van der Waals surface area contributed by atoms with Crippen LogP contribution in [0.2, 0.25) is 0 Å². The van der Waals surface area contributed by atoms with Gasteiger partial charge in [-0.05, 0) is 36.2 Å². The molecule has 0 fully saturated rings. The Morgan fingerprint density at radius 2 is 1.83 bits per heavy atom. The van der Waals surface area contributed by atoms with Gasteiger partial charge in [0.1, 0.15) is 0 Å². The van der Waals surface area contributed by atoms with Crippen LogP contribution in [-0.4, -0.2) is 32.3 Å². The third kappa shape index (κ3) is 6.97. The van der Waals surface area contributed by atoms with Crippen molar-refractivity contribution >= 4 is 29.3 Å². The van der Waals surface area contributed by atoms with Crippen molar-refractivity contribution in [2.45, 2.75) is 37.8 Å². The molecule has 2 amide bonds. The third-order valence-corrected chi connectivity index (χ3v) is 6.10. The van der Waals surface area contributed by atoms with Gasteiger partial charge in [-0.3, -0.25) is 9.59 Å². The second kappa shape index (κ2) is 11.9. The van der Waals surface area contributed by atoms with Crippen LogP contribution in [0.15, 0.2) is 72.4 Å². The van der Waals surface area contributed by atoms with E-state index in [0.717, 1.165) is 23.9 Å². The molecule has 1 atom stereocenters. The average molecular weight is 518 g/mol. The number of carbonyl (C=O) groups excluding carboxylic acids is 2. The molecule has 0 saturated heterocycles. The number of rotatable bonds is 10. The van der Waals surface area contributed by atoms with Gasteiger partial charge in [0.25, 0.3) is 5.91 Å². The Morgan fingerprint density at radius 3 is 2.47 bits per heavy atom. The zero-order chi connectivity index (χ0) is 26.3.